The number of nitrogens with one attached hydrogen (secondary N) is 1. The first-order valence-electron chi connectivity index (χ1n) is 7.07. The van der Waals surface area contributed by atoms with E-state index >= 15 is 0 Å². The Balaban J connectivity index is 1.94. The zero-order valence-corrected chi connectivity index (χ0v) is 11.1. The Morgan fingerprint density at radius 2 is 1.94 bits per heavy atom. The van der Waals surface area contributed by atoms with Crippen molar-refractivity contribution in [3.63, 3.8) is 0 Å². The second-order valence-electron chi connectivity index (χ2n) is 6.16. The molecule has 0 bridgehead atoms. The van der Waals surface area contributed by atoms with E-state index in [9.17, 15) is 0 Å². The Bertz CT molecular complexity index is 416. The van der Waals surface area contributed by atoms with Gasteiger partial charge in [0.15, 0.2) is 0 Å². The largest absolute Gasteiger partial charge is 0.379 e. The van der Waals surface area contributed by atoms with Crippen molar-refractivity contribution in [2.45, 2.75) is 63.8 Å². The molecule has 0 radical (unpaired) electrons. The SMILES string of the molecule is Cc1ccc2c(c1)[C@H](C)CC1(CCCCC1)N2. The van der Waals surface area contributed by atoms with Crippen molar-refractivity contribution in [3.8, 4) is 0 Å². The van der Waals surface area contributed by atoms with Gasteiger partial charge in [0, 0.05) is 11.2 Å². The van der Waals surface area contributed by atoms with Gasteiger partial charge in [0.2, 0.25) is 0 Å². The maximum Gasteiger partial charge on any atom is 0.0379 e. The molecule has 1 nitrogen and oxygen atoms in total. The van der Waals surface area contributed by atoms with Crippen molar-refractivity contribution in [1.82, 2.24) is 0 Å². The molecule has 1 atom stereocenters. The first-order chi connectivity index (χ1) is 8.19. The Morgan fingerprint density at radius 3 is 2.71 bits per heavy atom. The van der Waals surface area contributed by atoms with Crippen LogP contribution in [0.2, 0.25) is 0 Å². The molecule has 2 aliphatic rings. The minimum absolute atomic E-state index is 0.417. The van der Waals surface area contributed by atoms with Gasteiger partial charge in [-0.2, -0.15) is 0 Å². The summed E-state index contributed by atoms with van der Waals surface area (Å²) in [7, 11) is 0. The number of hydrogen-bond acceptors (Lipinski definition) is 1. The van der Waals surface area contributed by atoms with E-state index in [1.54, 1.807) is 0 Å². The maximum absolute atomic E-state index is 3.87. The highest BCUT2D eigenvalue weighted by Crippen LogP contribution is 2.45. The van der Waals surface area contributed by atoms with E-state index in [0.717, 1.165) is 0 Å². The smallest absolute Gasteiger partial charge is 0.0379 e. The van der Waals surface area contributed by atoms with Crippen molar-refractivity contribution in [3.05, 3.63) is 29.3 Å². The summed E-state index contributed by atoms with van der Waals surface area (Å²) in [5, 5.41) is 3.87. The van der Waals surface area contributed by atoms with Gasteiger partial charge in [-0.3, -0.25) is 0 Å². The second kappa shape index (κ2) is 4.04. The number of rotatable bonds is 0. The summed E-state index contributed by atoms with van der Waals surface area (Å²) in [5.74, 6) is 0.712. The molecule has 17 heavy (non-hydrogen) atoms. The maximum atomic E-state index is 3.87. The summed E-state index contributed by atoms with van der Waals surface area (Å²) in [4.78, 5) is 0. The molecule has 1 fully saturated rings. The van der Waals surface area contributed by atoms with E-state index in [1.807, 2.05) is 0 Å². The molecule has 0 amide bonds. The predicted octanol–water partition coefficient (Wildman–Crippen LogP) is 4.62. The molecule has 92 valence electrons. The molecule has 0 aromatic heterocycles. The lowest BCUT2D eigenvalue weighted by molar-refractivity contribution is 0.281. The van der Waals surface area contributed by atoms with E-state index in [4.69, 9.17) is 0 Å². The molecule has 1 heteroatoms. The van der Waals surface area contributed by atoms with Crippen LogP contribution in [-0.4, -0.2) is 5.54 Å². The van der Waals surface area contributed by atoms with E-state index in [-0.39, 0.29) is 0 Å². The lowest BCUT2D eigenvalue weighted by atomic mass is 9.71. The zero-order valence-electron chi connectivity index (χ0n) is 11.1. The minimum atomic E-state index is 0.417. The summed E-state index contributed by atoms with van der Waals surface area (Å²) >= 11 is 0. The van der Waals surface area contributed by atoms with Gasteiger partial charge in [-0.25, -0.2) is 0 Å². The summed E-state index contributed by atoms with van der Waals surface area (Å²) in [6, 6.07) is 6.89. The molecule has 1 heterocycles. The van der Waals surface area contributed by atoms with Gasteiger partial charge in [0.25, 0.3) is 0 Å². The molecule has 0 unspecified atom stereocenters. The zero-order chi connectivity index (χ0) is 11.9. The van der Waals surface area contributed by atoms with Crippen LogP contribution in [0.25, 0.3) is 0 Å². The third kappa shape index (κ3) is 1.96. The van der Waals surface area contributed by atoms with Gasteiger partial charge in [-0.15, -0.1) is 0 Å². The normalized spacial score (nSPS) is 26.4. The van der Waals surface area contributed by atoms with Crippen LogP contribution >= 0.6 is 0 Å². The lowest BCUT2D eigenvalue weighted by Crippen LogP contribution is -2.44. The van der Waals surface area contributed by atoms with Crippen LogP contribution in [0.4, 0.5) is 5.69 Å². The molecule has 1 aliphatic carbocycles. The Hall–Kier alpha value is -0.980. The van der Waals surface area contributed by atoms with Crippen LogP contribution in [0.1, 0.15) is 62.5 Å². The fourth-order valence-corrected chi connectivity index (χ4v) is 3.79. The first-order valence-corrected chi connectivity index (χ1v) is 7.07. The number of hydrogen-bond donors (Lipinski definition) is 1. The van der Waals surface area contributed by atoms with Crippen LogP contribution in [0.3, 0.4) is 0 Å². The number of fused-ring (bicyclic) bond motifs is 1. The molecular weight excluding hydrogens is 206 g/mol. The summed E-state index contributed by atoms with van der Waals surface area (Å²) in [6.07, 6.45) is 8.29. The number of aryl methyl sites for hydroxylation is 1. The van der Waals surface area contributed by atoms with Crippen molar-refractivity contribution < 1.29 is 0 Å². The summed E-state index contributed by atoms with van der Waals surface area (Å²) < 4.78 is 0. The monoisotopic (exact) mass is 229 g/mol. The van der Waals surface area contributed by atoms with Crippen LogP contribution in [0.15, 0.2) is 18.2 Å². The summed E-state index contributed by atoms with van der Waals surface area (Å²) in [6.45, 7) is 4.59. The quantitative estimate of drug-likeness (QED) is 0.684. The highest BCUT2D eigenvalue weighted by Gasteiger charge is 2.37. The average Bonchev–Trinajstić information content (AvgIpc) is 2.31. The molecule has 1 saturated carbocycles. The van der Waals surface area contributed by atoms with Gasteiger partial charge in [-0.05, 0) is 43.7 Å². The van der Waals surface area contributed by atoms with Crippen LogP contribution in [0.5, 0.6) is 0 Å². The van der Waals surface area contributed by atoms with Crippen LogP contribution < -0.4 is 5.32 Å². The van der Waals surface area contributed by atoms with Gasteiger partial charge in [0.05, 0.1) is 0 Å². The molecule has 3 rings (SSSR count). The fourth-order valence-electron chi connectivity index (χ4n) is 3.79. The molecule has 1 aliphatic heterocycles. The van der Waals surface area contributed by atoms with Crippen molar-refractivity contribution in [2.24, 2.45) is 0 Å². The average molecular weight is 229 g/mol. The van der Waals surface area contributed by atoms with Gasteiger partial charge < -0.3 is 5.32 Å². The van der Waals surface area contributed by atoms with Crippen LogP contribution in [0, 0.1) is 6.92 Å². The summed E-state index contributed by atoms with van der Waals surface area (Å²) in [5.41, 5.74) is 4.73. The Kier molecular flexibility index (Phi) is 2.65. The Labute approximate surface area is 105 Å². The van der Waals surface area contributed by atoms with Gasteiger partial charge in [0.1, 0.15) is 0 Å². The van der Waals surface area contributed by atoms with Crippen molar-refractivity contribution in [1.29, 1.82) is 0 Å². The molecule has 1 aromatic carbocycles. The molecule has 0 saturated heterocycles. The second-order valence-corrected chi connectivity index (χ2v) is 6.16. The topological polar surface area (TPSA) is 12.0 Å². The van der Waals surface area contributed by atoms with E-state index < -0.39 is 0 Å². The minimum Gasteiger partial charge on any atom is -0.379 e. The lowest BCUT2D eigenvalue weighted by Gasteiger charge is -2.45. The number of anilines is 1. The third-order valence-electron chi connectivity index (χ3n) is 4.65. The highest BCUT2D eigenvalue weighted by atomic mass is 15.0. The predicted molar refractivity (Wildman–Crippen MR) is 73.6 cm³/mol. The number of benzene rings is 1. The van der Waals surface area contributed by atoms with E-state index in [2.05, 4.69) is 37.4 Å². The van der Waals surface area contributed by atoms with Gasteiger partial charge >= 0.3 is 0 Å². The van der Waals surface area contributed by atoms with Gasteiger partial charge in [-0.1, -0.05) is 43.9 Å². The molecule has 1 spiro atoms. The first kappa shape index (κ1) is 11.1. The third-order valence-corrected chi connectivity index (χ3v) is 4.65. The van der Waals surface area contributed by atoms with E-state index in [0.29, 0.717) is 11.5 Å². The van der Waals surface area contributed by atoms with Crippen LogP contribution in [-0.2, 0) is 0 Å². The van der Waals surface area contributed by atoms with Crippen molar-refractivity contribution >= 4 is 5.69 Å². The standard InChI is InChI=1S/C16H23N/c1-12-6-7-15-14(10-12)13(2)11-16(17-15)8-4-3-5-9-16/h6-7,10,13,17H,3-5,8-9,11H2,1-2H3/t13-/m1/s1. The Morgan fingerprint density at radius 1 is 1.18 bits per heavy atom. The molecular formula is C16H23N. The van der Waals surface area contributed by atoms with E-state index in [1.165, 1.54) is 55.3 Å². The van der Waals surface area contributed by atoms with Crippen molar-refractivity contribution in [2.75, 3.05) is 5.32 Å². The fraction of sp³-hybridized carbons (Fsp3) is 0.625. The highest BCUT2D eigenvalue weighted by molar-refractivity contribution is 5.58. The molecule has 1 N–H and O–H groups in total. The molecule has 1 aromatic rings.